The number of aromatic nitrogens is 1. The largest absolute Gasteiger partial charge is 0.372 e. The molecule has 150 valence electrons. The summed E-state index contributed by atoms with van der Waals surface area (Å²) in [6, 6.07) is 10.5. The number of nitrogens with one attached hydrogen (secondary N) is 1. The number of benzene rings is 2. The van der Waals surface area contributed by atoms with E-state index in [4.69, 9.17) is 5.73 Å². The predicted octanol–water partition coefficient (Wildman–Crippen LogP) is 4.32. The van der Waals surface area contributed by atoms with Crippen molar-refractivity contribution in [2.24, 2.45) is 5.73 Å². The van der Waals surface area contributed by atoms with Crippen LogP contribution in [0.4, 0.5) is 14.9 Å². The van der Waals surface area contributed by atoms with Crippen molar-refractivity contribution in [3.05, 3.63) is 65.1 Å². The number of primary amides is 1. The fourth-order valence-corrected chi connectivity index (χ4v) is 4.88. The Morgan fingerprint density at radius 3 is 2.66 bits per heavy atom. The first-order valence-corrected chi connectivity index (χ1v) is 10.3. The molecule has 2 aromatic carbocycles. The number of carbonyl (C=O) groups is 1. The number of fused-ring (bicyclic) bond motifs is 2. The van der Waals surface area contributed by atoms with Gasteiger partial charge in [-0.05, 0) is 67.1 Å². The Morgan fingerprint density at radius 2 is 1.86 bits per heavy atom. The Labute approximate surface area is 169 Å². The Balaban J connectivity index is 1.61. The van der Waals surface area contributed by atoms with Crippen LogP contribution >= 0.6 is 0 Å². The summed E-state index contributed by atoms with van der Waals surface area (Å²) in [5, 5.41) is 0.786. The molecule has 0 aliphatic carbocycles. The average Bonchev–Trinajstić information content (AvgIpc) is 3.15. The van der Waals surface area contributed by atoms with Crippen LogP contribution in [0, 0.1) is 5.82 Å². The molecule has 0 spiro atoms. The van der Waals surface area contributed by atoms with Crippen LogP contribution in [0.25, 0.3) is 10.9 Å². The fraction of sp³-hybridized carbons (Fsp3) is 0.348. The monoisotopic (exact) mass is 392 g/mol. The van der Waals surface area contributed by atoms with Gasteiger partial charge in [-0.1, -0.05) is 6.07 Å². The molecular weight excluding hydrogens is 367 g/mol. The standard InChI is InChI=1S/C23H25FN4O/c24-16-4-7-21-19(13-16)20(14-26-21)22-18-6-5-17(27-9-2-1-3-10-27)12-15(18)8-11-28(22)23(25)29/h4-7,12-14,22,26H,1-3,8-11H2,(H2,25,29). The molecule has 0 radical (unpaired) electrons. The maximum absolute atomic E-state index is 13.9. The second kappa shape index (κ2) is 7.10. The summed E-state index contributed by atoms with van der Waals surface area (Å²) >= 11 is 0. The average molecular weight is 392 g/mol. The number of urea groups is 1. The summed E-state index contributed by atoms with van der Waals surface area (Å²) in [6.07, 6.45) is 6.41. The van der Waals surface area contributed by atoms with Crippen molar-refractivity contribution in [1.82, 2.24) is 9.88 Å². The molecule has 1 fully saturated rings. The Hall–Kier alpha value is -3.02. The van der Waals surface area contributed by atoms with Crippen LogP contribution in [-0.2, 0) is 6.42 Å². The van der Waals surface area contributed by atoms with E-state index in [1.165, 1.54) is 42.6 Å². The molecule has 5 rings (SSSR count). The lowest BCUT2D eigenvalue weighted by atomic mass is 9.87. The van der Waals surface area contributed by atoms with E-state index >= 15 is 0 Å². The summed E-state index contributed by atoms with van der Waals surface area (Å²) in [5.41, 5.74) is 11.0. The minimum Gasteiger partial charge on any atom is -0.372 e. The molecule has 1 unspecified atom stereocenters. The molecular formula is C23H25FN4O. The van der Waals surface area contributed by atoms with Gasteiger partial charge in [0.2, 0.25) is 0 Å². The molecule has 5 nitrogen and oxygen atoms in total. The van der Waals surface area contributed by atoms with Crippen LogP contribution in [0.5, 0.6) is 0 Å². The summed E-state index contributed by atoms with van der Waals surface area (Å²) < 4.78 is 13.9. The quantitative estimate of drug-likeness (QED) is 0.682. The van der Waals surface area contributed by atoms with Crippen LogP contribution < -0.4 is 10.6 Å². The van der Waals surface area contributed by atoms with Gasteiger partial charge in [0.05, 0.1) is 6.04 Å². The zero-order chi connectivity index (χ0) is 20.0. The van der Waals surface area contributed by atoms with Crippen molar-refractivity contribution in [1.29, 1.82) is 0 Å². The number of amides is 2. The van der Waals surface area contributed by atoms with Crippen LogP contribution in [0.15, 0.2) is 42.6 Å². The van der Waals surface area contributed by atoms with Gasteiger partial charge >= 0.3 is 6.03 Å². The first-order chi connectivity index (χ1) is 14.1. The molecule has 3 N–H and O–H groups in total. The van der Waals surface area contributed by atoms with E-state index in [2.05, 4.69) is 28.1 Å². The van der Waals surface area contributed by atoms with Gasteiger partial charge in [-0.15, -0.1) is 0 Å². The Bertz CT molecular complexity index is 1070. The number of piperidine rings is 1. The van der Waals surface area contributed by atoms with E-state index in [9.17, 15) is 9.18 Å². The number of hydrogen-bond acceptors (Lipinski definition) is 2. The maximum atomic E-state index is 13.9. The minimum atomic E-state index is -0.452. The second-order valence-electron chi connectivity index (χ2n) is 8.05. The van der Waals surface area contributed by atoms with Crippen LogP contribution in [0.2, 0.25) is 0 Å². The molecule has 0 bridgehead atoms. The summed E-state index contributed by atoms with van der Waals surface area (Å²) in [5.74, 6) is -0.291. The smallest absolute Gasteiger partial charge is 0.315 e. The number of anilines is 1. The minimum absolute atomic E-state index is 0.291. The number of rotatable bonds is 2. The number of nitrogens with two attached hydrogens (primary N) is 1. The van der Waals surface area contributed by atoms with Gasteiger partial charge in [0.1, 0.15) is 5.82 Å². The SMILES string of the molecule is NC(=O)N1CCc2cc(N3CCCCC3)ccc2C1c1c[nH]c2ccc(F)cc12. The van der Waals surface area contributed by atoms with Gasteiger partial charge in [-0.2, -0.15) is 0 Å². The number of carbonyl (C=O) groups excluding carboxylic acids is 1. The fourth-order valence-electron chi connectivity index (χ4n) is 4.88. The third-order valence-corrected chi connectivity index (χ3v) is 6.33. The molecule has 2 amide bonds. The topological polar surface area (TPSA) is 65.4 Å². The van der Waals surface area contributed by atoms with Crippen LogP contribution in [0.1, 0.15) is 42.0 Å². The molecule has 29 heavy (non-hydrogen) atoms. The van der Waals surface area contributed by atoms with E-state index in [1.807, 2.05) is 6.20 Å². The zero-order valence-electron chi connectivity index (χ0n) is 16.3. The van der Waals surface area contributed by atoms with Crippen molar-refractivity contribution >= 4 is 22.6 Å². The highest BCUT2D eigenvalue weighted by molar-refractivity contribution is 5.85. The molecule has 0 saturated carbocycles. The van der Waals surface area contributed by atoms with Gasteiger partial charge in [-0.3, -0.25) is 0 Å². The van der Waals surface area contributed by atoms with Crippen molar-refractivity contribution in [3.8, 4) is 0 Å². The van der Waals surface area contributed by atoms with E-state index in [1.54, 1.807) is 11.0 Å². The number of hydrogen-bond donors (Lipinski definition) is 2. The molecule has 3 heterocycles. The molecule has 1 saturated heterocycles. The Morgan fingerprint density at radius 1 is 1.03 bits per heavy atom. The lowest BCUT2D eigenvalue weighted by Crippen LogP contribution is -2.43. The molecule has 6 heteroatoms. The van der Waals surface area contributed by atoms with E-state index in [0.717, 1.165) is 41.5 Å². The summed E-state index contributed by atoms with van der Waals surface area (Å²) in [4.78, 5) is 19.6. The zero-order valence-corrected chi connectivity index (χ0v) is 16.3. The van der Waals surface area contributed by atoms with E-state index in [0.29, 0.717) is 6.54 Å². The van der Waals surface area contributed by atoms with Crippen molar-refractivity contribution in [3.63, 3.8) is 0 Å². The first-order valence-electron chi connectivity index (χ1n) is 10.3. The van der Waals surface area contributed by atoms with Crippen molar-refractivity contribution < 1.29 is 9.18 Å². The van der Waals surface area contributed by atoms with Gasteiger partial charge in [0.15, 0.2) is 0 Å². The normalized spacial score (nSPS) is 19.4. The first kappa shape index (κ1) is 18.0. The molecule has 1 aromatic heterocycles. The highest BCUT2D eigenvalue weighted by Gasteiger charge is 2.33. The summed E-state index contributed by atoms with van der Waals surface area (Å²) in [6.45, 7) is 2.74. The van der Waals surface area contributed by atoms with E-state index < -0.39 is 6.03 Å². The van der Waals surface area contributed by atoms with Gasteiger partial charge in [-0.25, -0.2) is 9.18 Å². The van der Waals surface area contributed by atoms with E-state index in [-0.39, 0.29) is 11.9 Å². The molecule has 1 atom stereocenters. The number of halogens is 1. The number of aromatic amines is 1. The van der Waals surface area contributed by atoms with Crippen LogP contribution in [-0.4, -0.2) is 35.5 Å². The predicted molar refractivity (Wildman–Crippen MR) is 113 cm³/mol. The van der Waals surface area contributed by atoms with Crippen molar-refractivity contribution in [2.45, 2.75) is 31.7 Å². The molecule has 2 aliphatic heterocycles. The lowest BCUT2D eigenvalue weighted by Gasteiger charge is -2.37. The summed E-state index contributed by atoms with van der Waals surface area (Å²) in [7, 11) is 0. The lowest BCUT2D eigenvalue weighted by molar-refractivity contribution is 0.190. The number of H-pyrrole nitrogens is 1. The highest BCUT2D eigenvalue weighted by atomic mass is 19.1. The van der Waals surface area contributed by atoms with Gasteiger partial charge < -0.3 is 20.5 Å². The molecule has 2 aliphatic rings. The third kappa shape index (κ3) is 3.12. The van der Waals surface area contributed by atoms with Gasteiger partial charge in [0, 0.05) is 48.0 Å². The highest BCUT2D eigenvalue weighted by Crippen LogP contribution is 2.40. The third-order valence-electron chi connectivity index (χ3n) is 6.33. The molecule has 3 aromatic rings. The maximum Gasteiger partial charge on any atom is 0.315 e. The Kier molecular flexibility index (Phi) is 4.42. The second-order valence-corrected chi connectivity index (χ2v) is 8.05. The number of nitrogens with zero attached hydrogens (tertiary/aromatic N) is 2. The van der Waals surface area contributed by atoms with Gasteiger partial charge in [0.25, 0.3) is 0 Å². The van der Waals surface area contributed by atoms with Crippen LogP contribution in [0.3, 0.4) is 0 Å². The van der Waals surface area contributed by atoms with Crippen molar-refractivity contribution in [2.75, 3.05) is 24.5 Å².